The van der Waals surface area contributed by atoms with Crippen LogP contribution in [0.15, 0.2) is 28.9 Å². The molecule has 0 saturated heterocycles. The SMILES string of the molecule is NCc1cn(-c2cc(Br)ccc2Cl)nn1. The van der Waals surface area contributed by atoms with E-state index in [-0.39, 0.29) is 0 Å². The monoisotopic (exact) mass is 286 g/mol. The number of benzene rings is 1. The highest BCUT2D eigenvalue weighted by atomic mass is 79.9. The highest BCUT2D eigenvalue weighted by Gasteiger charge is 2.06. The van der Waals surface area contributed by atoms with Gasteiger partial charge in [0.15, 0.2) is 0 Å². The van der Waals surface area contributed by atoms with Gasteiger partial charge in [-0.15, -0.1) is 5.10 Å². The van der Waals surface area contributed by atoms with Crippen LogP contribution in [-0.4, -0.2) is 15.0 Å². The van der Waals surface area contributed by atoms with E-state index in [1.165, 1.54) is 0 Å². The largest absolute Gasteiger partial charge is 0.325 e. The molecule has 0 bridgehead atoms. The molecule has 1 aromatic carbocycles. The summed E-state index contributed by atoms with van der Waals surface area (Å²) in [7, 11) is 0. The second-order valence-electron chi connectivity index (χ2n) is 2.95. The highest BCUT2D eigenvalue weighted by molar-refractivity contribution is 9.10. The van der Waals surface area contributed by atoms with Crippen molar-refractivity contribution in [2.24, 2.45) is 5.73 Å². The summed E-state index contributed by atoms with van der Waals surface area (Å²) >= 11 is 9.42. The summed E-state index contributed by atoms with van der Waals surface area (Å²) in [5, 5.41) is 8.45. The first-order valence-corrected chi connectivity index (χ1v) is 5.44. The lowest BCUT2D eigenvalue weighted by Gasteiger charge is -2.03. The van der Waals surface area contributed by atoms with Gasteiger partial charge in [-0.2, -0.15) is 0 Å². The molecule has 1 aromatic heterocycles. The Balaban J connectivity index is 2.48. The van der Waals surface area contributed by atoms with Crippen LogP contribution >= 0.6 is 27.5 Å². The van der Waals surface area contributed by atoms with Crippen LogP contribution in [0, 0.1) is 0 Å². The lowest BCUT2D eigenvalue weighted by atomic mass is 10.3. The van der Waals surface area contributed by atoms with Crippen LogP contribution in [0.1, 0.15) is 5.69 Å². The minimum Gasteiger partial charge on any atom is -0.325 e. The first-order chi connectivity index (χ1) is 7.20. The van der Waals surface area contributed by atoms with E-state index in [9.17, 15) is 0 Å². The molecule has 2 N–H and O–H groups in total. The van der Waals surface area contributed by atoms with Crippen molar-refractivity contribution < 1.29 is 0 Å². The van der Waals surface area contributed by atoms with E-state index in [1.807, 2.05) is 12.1 Å². The first-order valence-electron chi connectivity index (χ1n) is 4.27. The molecule has 0 spiro atoms. The Morgan fingerprint density at radius 2 is 2.27 bits per heavy atom. The molecule has 0 aliphatic carbocycles. The zero-order valence-corrected chi connectivity index (χ0v) is 10.0. The summed E-state index contributed by atoms with van der Waals surface area (Å²) in [5.74, 6) is 0. The van der Waals surface area contributed by atoms with Crippen molar-refractivity contribution in [2.45, 2.75) is 6.54 Å². The second-order valence-corrected chi connectivity index (χ2v) is 4.28. The van der Waals surface area contributed by atoms with Crippen molar-refractivity contribution in [1.29, 1.82) is 0 Å². The molecule has 15 heavy (non-hydrogen) atoms. The third kappa shape index (κ3) is 2.19. The van der Waals surface area contributed by atoms with E-state index < -0.39 is 0 Å². The molecular weight excluding hydrogens is 279 g/mol. The summed E-state index contributed by atoms with van der Waals surface area (Å²) in [5.41, 5.74) is 6.96. The number of rotatable bonds is 2. The molecule has 2 aromatic rings. The van der Waals surface area contributed by atoms with Crippen molar-refractivity contribution in [2.75, 3.05) is 0 Å². The average molecular weight is 288 g/mol. The Kier molecular flexibility index (Phi) is 3.04. The molecule has 1 heterocycles. The Hall–Kier alpha value is -0.910. The smallest absolute Gasteiger partial charge is 0.0967 e. The standard InChI is InChI=1S/C9H8BrClN4/c10-6-1-2-8(11)9(3-6)15-5-7(4-12)13-14-15/h1-3,5H,4,12H2. The van der Waals surface area contributed by atoms with Crippen LogP contribution < -0.4 is 5.73 Å². The molecule has 0 aliphatic rings. The average Bonchev–Trinajstić information content (AvgIpc) is 2.70. The van der Waals surface area contributed by atoms with Gasteiger partial charge in [-0.05, 0) is 18.2 Å². The zero-order valence-electron chi connectivity index (χ0n) is 7.69. The quantitative estimate of drug-likeness (QED) is 0.920. The number of hydrogen-bond acceptors (Lipinski definition) is 3. The molecule has 0 fully saturated rings. The van der Waals surface area contributed by atoms with Crippen LogP contribution in [0.3, 0.4) is 0 Å². The molecule has 0 aliphatic heterocycles. The lowest BCUT2D eigenvalue weighted by Crippen LogP contribution is -1.96. The van der Waals surface area contributed by atoms with Crippen LogP contribution in [-0.2, 0) is 6.54 Å². The third-order valence-electron chi connectivity index (χ3n) is 1.90. The number of halogens is 2. The van der Waals surface area contributed by atoms with Gasteiger partial charge in [0.25, 0.3) is 0 Å². The zero-order chi connectivity index (χ0) is 10.8. The van der Waals surface area contributed by atoms with Crippen LogP contribution in [0.4, 0.5) is 0 Å². The fourth-order valence-electron chi connectivity index (χ4n) is 1.17. The van der Waals surface area contributed by atoms with Crippen molar-refractivity contribution in [3.05, 3.63) is 39.6 Å². The molecule has 4 nitrogen and oxygen atoms in total. The predicted molar refractivity (Wildman–Crippen MR) is 62.0 cm³/mol. The van der Waals surface area contributed by atoms with Crippen molar-refractivity contribution in [3.8, 4) is 5.69 Å². The van der Waals surface area contributed by atoms with E-state index in [1.54, 1.807) is 16.9 Å². The molecule has 78 valence electrons. The van der Waals surface area contributed by atoms with Gasteiger partial charge in [0.2, 0.25) is 0 Å². The van der Waals surface area contributed by atoms with E-state index in [2.05, 4.69) is 26.2 Å². The van der Waals surface area contributed by atoms with Gasteiger partial charge in [0.05, 0.1) is 22.6 Å². The predicted octanol–water partition coefficient (Wildman–Crippen LogP) is 2.14. The number of nitrogens with two attached hydrogens (primary N) is 1. The molecule has 0 amide bonds. The van der Waals surface area contributed by atoms with Crippen molar-refractivity contribution in [1.82, 2.24) is 15.0 Å². The highest BCUT2D eigenvalue weighted by Crippen LogP contribution is 2.23. The van der Waals surface area contributed by atoms with Gasteiger partial charge in [0.1, 0.15) is 0 Å². The van der Waals surface area contributed by atoms with Crippen molar-refractivity contribution >= 4 is 27.5 Å². The van der Waals surface area contributed by atoms with Gasteiger partial charge in [0, 0.05) is 11.0 Å². The maximum Gasteiger partial charge on any atom is 0.0967 e. The summed E-state index contributed by atoms with van der Waals surface area (Å²) < 4.78 is 2.54. The summed E-state index contributed by atoms with van der Waals surface area (Å²) in [6.45, 7) is 0.367. The molecule has 2 rings (SSSR count). The lowest BCUT2D eigenvalue weighted by molar-refractivity contribution is 0.796. The maximum atomic E-state index is 6.04. The van der Waals surface area contributed by atoms with E-state index in [4.69, 9.17) is 17.3 Å². The fraction of sp³-hybridized carbons (Fsp3) is 0.111. The Morgan fingerprint density at radius 3 is 2.93 bits per heavy atom. The van der Waals surface area contributed by atoms with E-state index >= 15 is 0 Å². The van der Waals surface area contributed by atoms with Crippen molar-refractivity contribution in [3.63, 3.8) is 0 Å². The van der Waals surface area contributed by atoms with Gasteiger partial charge in [-0.1, -0.05) is 32.7 Å². The van der Waals surface area contributed by atoms with Crippen LogP contribution in [0.5, 0.6) is 0 Å². The molecule has 0 atom stereocenters. The summed E-state index contributed by atoms with van der Waals surface area (Å²) in [6, 6.07) is 5.54. The summed E-state index contributed by atoms with van der Waals surface area (Å²) in [4.78, 5) is 0. The topological polar surface area (TPSA) is 56.7 Å². The number of aromatic nitrogens is 3. The molecule has 0 saturated carbocycles. The Morgan fingerprint density at radius 1 is 1.47 bits per heavy atom. The van der Waals surface area contributed by atoms with Crippen LogP contribution in [0.25, 0.3) is 5.69 Å². The minimum absolute atomic E-state index is 0.367. The second kappa shape index (κ2) is 4.30. The fourth-order valence-corrected chi connectivity index (χ4v) is 1.72. The van der Waals surface area contributed by atoms with Crippen LogP contribution in [0.2, 0.25) is 5.02 Å². The number of hydrogen-bond donors (Lipinski definition) is 1. The minimum atomic E-state index is 0.367. The Bertz CT molecular complexity index is 483. The summed E-state index contributed by atoms with van der Waals surface area (Å²) in [6.07, 6.45) is 1.76. The molecule has 6 heteroatoms. The molecule has 0 unspecified atom stereocenters. The van der Waals surface area contributed by atoms with Gasteiger partial charge in [-0.25, -0.2) is 4.68 Å². The van der Waals surface area contributed by atoms with Gasteiger partial charge < -0.3 is 5.73 Å². The maximum absolute atomic E-state index is 6.04. The normalized spacial score (nSPS) is 10.6. The Labute approximate surface area is 100 Å². The first kappa shape index (κ1) is 10.6. The molecular formula is C9H8BrClN4. The molecule has 0 radical (unpaired) electrons. The van der Waals surface area contributed by atoms with E-state index in [0.717, 1.165) is 15.9 Å². The van der Waals surface area contributed by atoms with Gasteiger partial charge >= 0.3 is 0 Å². The van der Waals surface area contributed by atoms with Gasteiger partial charge in [-0.3, -0.25) is 0 Å². The number of nitrogens with zero attached hydrogens (tertiary/aromatic N) is 3. The third-order valence-corrected chi connectivity index (χ3v) is 2.72. The van der Waals surface area contributed by atoms with E-state index in [0.29, 0.717) is 11.6 Å².